The van der Waals surface area contributed by atoms with Gasteiger partial charge in [0.25, 0.3) is 0 Å². The topological polar surface area (TPSA) is 72.1 Å². The van der Waals surface area contributed by atoms with Crippen LogP contribution in [-0.4, -0.2) is 16.3 Å². The normalized spacial score (nSPS) is 12.9. The lowest BCUT2D eigenvalue weighted by molar-refractivity contribution is 0.174. The predicted molar refractivity (Wildman–Crippen MR) is 136 cm³/mol. The molecule has 0 aliphatic carbocycles. The van der Waals surface area contributed by atoms with Crippen LogP contribution in [0, 0.1) is 11.3 Å². The zero-order valence-electron chi connectivity index (χ0n) is 18.4. The van der Waals surface area contributed by atoms with E-state index in [1.54, 1.807) is 6.20 Å². The van der Waals surface area contributed by atoms with Crippen LogP contribution in [0.15, 0.2) is 72.2 Å². The molecule has 34 heavy (non-hydrogen) atoms. The standard InChI is InChI=1S/C27H20N4O2S/c1-2-31-23-6-4-3-5-20(23)21-12-19(8-9-24(21)31)29-14-18(13-28)27-30-22(15-34-27)17-7-10-25-26(11-17)33-16-32-25/h3-12,14-15,29H,2,16H2,1H3. The highest BCUT2D eigenvalue weighted by Crippen LogP contribution is 2.37. The van der Waals surface area contributed by atoms with Gasteiger partial charge in [0.15, 0.2) is 11.5 Å². The van der Waals surface area contributed by atoms with Crippen molar-refractivity contribution in [3.8, 4) is 28.8 Å². The maximum Gasteiger partial charge on any atom is 0.231 e. The summed E-state index contributed by atoms with van der Waals surface area (Å²) in [6.07, 6.45) is 1.72. The second-order valence-corrected chi connectivity index (χ2v) is 8.77. The monoisotopic (exact) mass is 464 g/mol. The summed E-state index contributed by atoms with van der Waals surface area (Å²) >= 11 is 1.44. The third-order valence-corrected chi connectivity index (χ3v) is 6.87. The molecule has 2 aromatic heterocycles. The minimum atomic E-state index is 0.235. The largest absolute Gasteiger partial charge is 0.454 e. The van der Waals surface area contributed by atoms with Gasteiger partial charge in [0.05, 0.1) is 5.69 Å². The summed E-state index contributed by atoms with van der Waals surface area (Å²) in [6, 6.07) is 22.8. The van der Waals surface area contributed by atoms with Crippen LogP contribution in [-0.2, 0) is 6.54 Å². The van der Waals surface area contributed by atoms with Crippen LogP contribution < -0.4 is 14.8 Å². The van der Waals surface area contributed by atoms with Gasteiger partial charge in [0.1, 0.15) is 16.6 Å². The lowest BCUT2D eigenvalue weighted by atomic mass is 10.1. The van der Waals surface area contributed by atoms with E-state index in [-0.39, 0.29) is 6.79 Å². The van der Waals surface area contributed by atoms with E-state index in [4.69, 9.17) is 9.47 Å². The van der Waals surface area contributed by atoms with Crippen molar-refractivity contribution in [2.75, 3.05) is 12.1 Å². The number of thiazole rings is 1. The van der Waals surface area contributed by atoms with Crippen LogP contribution in [0.3, 0.4) is 0 Å². The second kappa shape index (κ2) is 8.25. The second-order valence-electron chi connectivity index (χ2n) is 7.91. The molecular weight excluding hydrogens is 444 g/mol. The fraction of sp³-hybridized carbons (Fsp3) is 0.111. The van der Waals surface area contributed by atoms with Gasteiger partial charge >= 0.3 is 0 Å². The molecule has 6 rings (SSSR count). The number of hydrogen-bond donors (Lipinski definition) is 1. The van der Waals surface area contributed by atoms with Gasteiger partial charge in [0, 0.05) is 51.2 Å². The summed E-state index contributed by atoms with van der Waals surface area (Å²) in [4.78, 5) is 4.68. The van der Waals surface area contributed by atoms with E-state index < -0.39 is 0 Å². The van der Waals surface area contributed by atoms with E-state index >= 15 is 0 Å². The number of hydrogen-bond acceptors (Lipinski definition) is 6. The fourth-order valence-electron chi connectivity index (χ4n) is 4.37. The summed E-state index contributed by atoms with van der Waals surface area (Å²) in [5.74, 6) is 1.45. The molecule has 1 aliphatic rings. The number of nitrogens with zero attached hydrogens (tertiary/aromatic N) is 3. The Kier molecular flexibility index (Phi) is 4.93. The van der Waals surface area contributed by atoms with Gasteiger partial charge in [-0.05, 0) is 49.4 Å². The molecule has 0 amide bonds. The van der Waals surface area contributed by atoms with E-state index in [1.807, 2.05) is 29.6 Å². The predicted octanol–water partition coefficient (Wildman–Crippen LogP) is 6.64. The van der Waals surface area contributed by atoms with Crippen molar-refractivity contribution in [1.29, 1.82) is 5.26 Å². The molecule has 3 aromatic carbocycles. The van der Waals surface area contributed by atoms with Crippen LogP contribution in [0.1, 0.15) is 11.9 Å². The first-order chi connectivity index (χ1) is 16.7. The lowest BCUT2D eigenvalue weighted by Gasteiger charge is -2.05. The average molecular weight is 465 g/mol. The Morgan fingerprint density at radius 1 is 1.09 bits per heavy atom. The quantitative estimate of drug-likeness (QED) is 0.295. The zero-order valence-corrected chi connectivity index (χ0v) is 19.2. The summed E-state index contributed by atoms with van der Waals surface area (Å²) < 4.78 is 13.2. The number of aryl methyl sites for hydroxylation is 1. The first kappa shape index (κ1) is 20.3. The van der Waals surface area contributed by atoms with E-state index in [1.165, 1.54) is 33.1 Å². The van der Waals surface area contributed by atoms with Gasteiger partial charge in [0.2, 0.25) is 6.79 Å². The third kappa shape index (κ3) is 3.36. The smallest absolute Gasteiger partial charge is 0.231 e. The molecule has 6 nitrogen and oxygen atoms in total. The average Bonchev–Trinajstić information content (AvgIpc) is 3.61. The number of nitriles is 1. The fourth-order valence-corrected chi connectivity index (χ4v) is 5.16. The molecule has 166 valence electrons. The Labute approximate surface area is 200 Å². The van der Waals surface area contributed by atoms with Crippen LogP contribution in [0.4, 0.5) is 5.69 Å². The van der Waals surface area contributed by atoms with Crippen molar-refractivity contribution in [2.24, 2.45) is 0 Å². The Morgan fingerprint density at radius 3 is 2.82 bits per heavy atom. The maximum atomic E-state index is 9.78. The van der Waals surface area contributed by atoms with Crippen molar-refractivity contribution >= 4 is 44.4 Å². The summed E-state index contributed by atoms with van der Waals surface area (Å²) in [6.45, 7) is 3.30. The number of rotatable bonds is 5. The van der Waals surface area contributed by atoms with Crippen molar-refractivity contribution in [1.82, 2.24) is 9.55 Å². The van der Waals surface area contributed by atoms with Gasteiger partial charge in [-0.2, -0.15) is 5.26 Å². The highest BCUT2D eigenvalue weighted by Gasteiger charge is 2.16. The van der Waals surface area contributed by atoms with Crippen molar-refractivity contribution in [2.45, 2.75) is 13.5 Å². The molecule has 3 heterocycles. The molecule has 0 unspecified atom stereocenters. The van der Waals surface area contributed by atoms with Crippen molar-refractivity contribution in [3.05, 3.63) is 77.3 Å². The Morgan fingerprint density at radius 2 is 1.94 bits per heavy atom. The highest BCUT2D eigenvalue weighted by molar-refractivity contribution is 7.11. The molecular formula is C27H20N4O2S. The van der Waals surface area contributed by atoms with E-state index in [2.05, 4.69) is 64.3 Å². The van der Waals surface area contributed by atoms with Crippen LogP contribution in [0.25, 0.3) is 38.6 Å². The van der Waals surface area contributed by atoms with Gasteiger partial charge in [-0.1, -0.05) is 18.2 Å². The van der Waals surface area contributed by atoms with Crippen molar-refractivity contribution in [3.63, 3.8) is 0 Å². The van der Waals surface area contributed by atoms with Gasteiger partial charge < -0.3 is 19.4 Å². The highest BCUT2D eigenvalue weighted by atomic mass is 32.1. The Hall–Kier alpha value is -4.28. The molecule has 1 aliphatic heterocycles. The number of fused-ring (bicyclic) bond motifs is 4. The van der Waals surface area contributed by atoms with Gasteiger partial charge in [-0.15, -0.1) is 11.3 Å². The first-order valence-corrected chi connectivity index (χ1v) is 11.9. The van der Waals surface area contributed by atoms with Gasteiger partial charge in [-0.25, -0.2) is 4.98 Å². The SMILES string of the molecule is CCn1c2ccccc2c2cc(NC=C(C#N)c3nc(-c4ccc5c(c4)OCO5)cs3)ccc21. The minimum Gasteiger partial charge on any atom is -0.454 e. The van der Waals surface area contributed by atoms with E-state index in [9.17, 15) is 5.26 Å². The summed E-state index contributed by atoms with van der Waals surface area (Å²) in [5, 5.41) is 18.1. The number of nitrogens with one attached hydrogen (secondary N) is 1. The molecule has 0 bridgehead atoms. The molecule has 0 atom stereocenters. The number of benzene rings is 3. The van der Waals surface area contributed by atoms with E-state index in [0.717, 1.165) is 29.2 Å². The molecule has 0 fully saturated rings. The molecule has 1 N–H and O–H groups in total. The number of ether oxygens (including phenoxy) is 2. The molecule has 0 saturated carbocycles. The van der Waals surface area contributed by atoms with Crippen LogP contribution in [0.5, 0.6) is 11.5 Å². The number of aromatic nitrogens is 2. The molecule has 0 saturated heterocycles. The maximum absolute atomic E-state index is 9.78. The number of anilines is 1. The molecule has 5 aromatic rings. The summed E-state index contributed by atoms with van der Waals surface area (Å²) in [5.41, 5.74) is 5.55. The molecule has 7 heteroatoms. The van der Waals surface area contributed by atoms with Crippen LogP contribution in [0.2, 0.25) is 0 Å². The summed E-state index contributed by atoms with van der Waals surface area (Å²) in [7, 11) is 0. The Balaban J connectivity index is 1.30. The van der Waals surface area contributed by atoms with Gasteiger partial charge in [-0.3, -0.25) is 0 Å². The lowest BCUT2D eigenvalue weighted by Crippen LogP contribution is -1.94. The Bertz CT molecular complexity index is 1620. The first-order valence-electron chi connectivity index (χ1n) is 11.0. The third-order valence-electron chi connectivity index (χ3n) is 6.00. The zero-order chi connectivity index (χ0) is 23.1. The van der Waals surface area contributed by atoms with Crippen molar-refractivity contribution < 1.29 is 9.47 Å². The number of allylic oxidation sites excluding steroid dienone is 1. The van der Waals surface area contributed by atoms with Crippen LogP contribution >= 0.6 is 11.3 Å². The number of para-hydroxylation sites is 1. The minimum absolute atomic E-state index is 0.235. The van der Waals surface area contributed by atoms with E-state index in [0.29, 0.717) is 16.3 Å². The molecule has 0 radical (unpaired) electrons. The molecule has 0 spiro atoms.